The zero-order valence-corrected chi connectivity index (χ0v) is 10.1. The van der Waals surface area contributed by atoms with E-state index in [4.69, 9.17) is 22.1 Å². The van der Waals surface area contributed by atoms with E-state index >= 15 is 0 Å². The highest BCUT2D eigenvalue weighted by Gasteiger charge is 2.05. The lowest BCUT2D eigenvalue weighted by atomic mass is 10.2. The van der Waals surface area contributed by atoms with Crippen LogP contribution >= 0.6 is 11.6 Å². The molecule has 0 saturated carbocycles. The van der Waals surface area contributed by atoms with Crippen LogP contribution in [0.15, 0.2) is 30.5 Å². The number of hydrogen-bond acceptors (Lipinski definition) is 4. The Morgan fingerprint density at radius 1 is 1.29 bits per heavy atom. The second kappa shape index (κ2) is 5.01. The van der Waals surface area contributed by atoms with Crippen LogP contribution in [0, 0.1) is 0 Å². The van der Waals surface area contributed by atoms with Crippen LogP contribution in [0.3, 0.4) is 0 Å². The molecule has 1 aromatic heterocycles. The zero-order chi connectivity index (χ0) is 12.3. The molecule has 1 heterocycles. The van der Waals surface area contributed by atoms with E-state index in [2.05, 4.69) is 16.9 Å². The first kappa shape index (κ1) is 11.7. The Kier molecular flexibility index (Phi) is 3.44. The molecule has 0 bridgehead atoms. The summed E-state index contributed by atoms with van der Waals surface area (Å²) in [6, 6.07) is 7.73. The molecule has 0 aliphatic rings. The van der Waals surface area contributed by atoms with Crippen molar-refractivity contribution in [2.45, 2.75) is 13.3 Å². The van der Waals surface area contributed by atoms with Crippen molar-refractivity contribution < 1.29 is 4.74 Å². The van der Waals surface area contributed by atoms with Crippen LogP contribution in [-0.4, -0.2) is 9.97 Å². The van der Waals surface area contributed by atoms with Crippen molar-refractivity contribution in [3.8, 4) is 11.6 Å². The van der Waals surface area contributed by atoms with Crippen LogP contribution < -0.4 is 10.5 Å². The smallest absolute Gasteiger partial charge is 0.247 e. The van der Waals surface area contributed by atoms with Gasteiger partial charge >= 0.3 is 0 Å². The average Bonchev–Trinajstić information content (AvgIpc) is 2.35. The summed E-state index contributed by atoms with van der Waals surface area (Å²) in [5, 5.41) is 0.111. The summed E-state index contributed by atoms with van der Waals surface area (Å²) in [6.07, 6.45) is 2.41. The molecule has 2 aromatic rings. The monoisotopic (exact) mass is 249 g/mol. The maximum Gasteiger partial charge on any atom is 0.247 e. The van der Waals surface area contributed by atoms with E-state index in [9.17, 15) is 0 Å². The number of ether oxygens (including phenoxy) is 1. The molecular formula is C12H12ClN3O. The Labute approximate surface area is 104 Å². The lowest BCUT2D eigenvalue weighted by Gasteiger charge is -2.07. The number of aryl methyl sites for hydroxylation is 1. The second-order valence-electron chi connectivity index (χ2n) is 3.50. The van der Waals surface area contributed by atoms with E-state index in [0.717, 1.165) is 6.42 Å². The van der Waals surface area contributed by atoms with Crippen molar-refractivity contribution >= 4 is 17.3 Å². The van der Waals surface area contributed by atoms with Gasteiger partial charge in [-0.15, -0.1) is 0 Å². The normalized spacial score (nSPS) is 10.2. The first-order valence-electron chi connectivity index (χ1n) is 5.24. The van der Waals surface area contributed by atoms with Crippen LogP contribution in [0.4, 0.5) is 5.69 Å². The molecule has 88 valence electrons. The molecule has 0 radical (unpaired) electrons. The van der Waals surface area contributed by atoms with Gasteiger partial charge in [0, 0.05) is 0 Å². The van der Waals surface area contributed by atoms with Gasteiger partial charge in [0.2, 0.25) is 11.2 Å². The highest BCUT2D eigenvalue weighted by molar-refractivity contribution is 6.28. The van der Waals surface area contributed by atoms with Gasteiger partial charge in [0.05, 0.1) is 6.20 Å². The molecule has 0 spiro atoms. The Morgan fingerprint density at radius 2 is 2.00 bits per heavy atom. The van der Waals surface area contributed by atoms with Gasteiger partial charge in [-0.2, -0.15) is 4.98 Å². The van der Waals surface area contributed by atoms with Gasteiger partial charge < -0.3 is 10.5 Å². The molecule has 0 fully saturated rings. The summed E-state index contributed by atoms with van der Waals surface area (Å²) >= 11 is 5.67. The highest BCUT2D eigenvalue weighted by atomic mass is 35.5. The zero-order valence-electron chi connectivity index (χ0n) is 9.35. The fraction of sp³-hybridized carbons (Fsp3) is 0.167. The molecule has 0 amide bonds. The standard InChI is InChI=1S/C12H12ClN3O/c1-2-8-3-5-9(6-4-8)17-11-10(14)7-15-12(13)16-11/h3-7H,2,14H2,1H3. The number of rotatable bonds is 3. The molecule has 0 saturated heterocycles. The Bertz CT molecular complexity index is 514. The molecule has 2 rings (SSSR count). The lowest BCUT2D eigenvalue weighted by Crippen LogP contribution is -1.97. The van der Waals surface area contributed by atoms with Gasteiger partial charge in [-0.05, 0) is 35.7 Å². The summed E-state index contributed by atoms with van der Waals surface area (Å²) in [5.74, 6) is 0.943. The number of halogens is 1. The van der Waals surface area contributed by atoms with Gasteiger partial charge in [-0.3, -0.25) is 0 Å². The largest absolute Gasteiger partial charge is 0.437 e. The number of nitrogens with two attached hydrogens (primary N) is 1. The Morgan fingerprint density at radius 3 is 2.65 bits per heavy atom. The maximum atomic E-state index is 5.68. The van der Waals surface area contributed by atoms with Gasteiger partial charge in [-0.1, -0.05) is 19.1 Å². The molecule has 1 aromatic carbocycles. The first-order valence-corrected chi connectivity index (χ1v) is 5.61. The van der Waals surface area contributed by atoms with Crippen LogP contribution in [-0.2, 0) is 6.42 Å². The number of benzene rings is 1. The third kappa shape index (κ3) is 2.85. The number of hydrogen-bond donors (Lipinski definition) is 1. The minimum Gasteiger partial charge on any atom is -0.437 e. The molecule has 17 heavy (non-hydrogen) atoms. The third-order valence-corrected chi connectivity index (χ3v) is 2.48. The number of anilines is 1. The van der Waals surface area contributed by atoms with E-state index < -0.39 is 0 Å². The summed E-state index contributed by atoms with van der Waals surface area (Å²) in [6.45, 7) is 2.10. The third-order valence-electron chi connectivity index (χ3n) is 2.30. The summed E-state index contributed by atoms with van der Waals surface area (Å²) in [5.41, 5.74) is 7.28. The predicted molar refractivity (Wildman–Crippen MR) is 67.3 cm³/mol. The summed E-state index contributed by atoms with van der Waals surface area (Å²) in [4.78, 5) is 7.68. The fourth-order valence-corrected chi connectivity index (χ4v) is 1.47. The number of nitrogens with zero attached hydrogens (tertiary/aromatic N) is 2. The fourth-order valence-electron chi connectivity index (χ4n) is 1.34. The van der Waals surface area contributed by atoms with E-state index in [1.165, 1.54) is 11.8 Å². The van der Waals surface area contributed by atoms with Gasteiger partial charge in [0.15, 0.2) is 0 Å². The maximum absolute atomic E-state index is 5.68. The molecule has 4 nitrogen and oxygen atoms in total. The topological polar surface area (TPSA) is 61.0 Å². The predicted octanol–water partition coefficient (Wildman–Crippen LogP) is 3.07. The first-order chi connectivity index (χ1) is 8.19. The Hall–Kier alpha value is -1.81. The van der Waals surface area contributed by atoms with Crippen molar-refractivity contribution in [1.82, 2.24) is 9.97 Å². The molecule has 0 aliphatic heterocycles. The summed E-state index contributed by atoms with van der Waals surface area (Å²) < 4.78 is 5.53. The highest BCUT2D eigenvalue weighted by Crippen LogP contribution is 2.25. The lowest BCUT2D eigenvalue weighted by molar-refractivity contribution is 0.464. The quantitative estimate of drug-likeness (QED) is 0.850. The second-order valence-corrected chi connectivity index (χ2v) is 3.84. The molecule has 5 heteroatoms. The molecular weight excluding hydrogens is 238 g/mol. The average molecular weight is 250 g/mol. The van der Waals surface area contributed by atoms with Crippen molar-refractivity contribution in [3.05, 3.63) is 41.3 Å². The minimum atomic E-state index is 0.111. The van der Waals surface area contributed by atoms with Crippen LogP contribution in [0.5, 0.6) is 11.6 Å². The molecule has 0 atom stereocenters. The van der Waals surface area contributed by atoms with Crippen LogP contribution in [0.25, 0.3) is 0 Å². The van der Waals surface area contributed by atoms with Gasteiger partial charge in [-0.25, -0.2) is 4.98 Å². The molecule has 0 unspecified atom stereocenters. The molecule has 2 N–H and O–H groups in total. The SMILES string of the molecule is CCc1ccc(Oc2nc(Cl)ncc2N)cc1. The Balaban J connectivity index is 2.22. The van der Waals surface area contributed by atoms with Crippen LogP contribution in [0.2, 0.25) is 5.28 Å². The van der Waals surface area contributed by atoms with E-state index in [1.54, 1.807) is 0 Å². The van der Waals surface area contributed by atoms with Gasteiger partial charge in [0.1, 0.15) is 11.4 Å². The van der Waals surface area contributed by atoms with Gasteiger partial charge in [0.25, 0.3) is 0 Å². The summed E-state index contributed by atoms with van der Waals surface area (Å²) in [7, 11) is 0. The number of aromatic nitrogens is 2. The van der Waals surface area contributed by atoms with Crippen molar-refractivity contribution in [3.63, 3.8) is 0 Å². The number of nitrogen functional groups attached to an aromatic ring is 1. The van der Waals surface area contributed by atoms with E-state index in [0.29, 0.717) is 11.4 Å². The van der Waals surface area contributed by atoms with E-state index in [1.807, 2.05) is 24.3 Å². The van der Waals surface area contributed by atoms with Crippen LogP contribution in [0.1, 0.15) is 12.5 Å². The van der Waals surface area contributed by atoms with Crippen molar-refractivity contribution in [2.75, 3.05) is 5.73 Å². The van der Waals surface area contributed by atoms with Crippen molar-refractivity contribution in [1.29, 1.82) is 0 Å². The molecule has 0 aliphatic carbocycles. The minimum absolute atomic E-state index is 0.111. The van der Waals surface area contributed by atoms with E-state index in [-0.39, 0.29) is 11.2 Å². The van der Waals surface area contributed by atoms with Crippen molar-refractivity contribution in [2.24, 2.45) is 0 Å².